The van der Waals surface area contributed by atoms with Crippen molar-refractivity contribution in [2.24, 2.45) is 0 Å². The Kier molecular flexibility index (Phi) is 7.91. The van der Waals surface area contributed by atoms with Crippen LogP contribution in [0.5, 0.6) is 5.75 Å². The van der Waals surface area contributed by atoms with Crippen LogP contribution in [0.3, 0.4) is 0 Å². The predicted octanol–water partition coefficient (Wildman–Crippen LogP) is 2.41. The van der Waals surface area contributed by atoms with Crippen LogP contribution >= 0.6 is 0 Å². The van der Waals surface area contributed by atoms with Gasteiger partial charge in [-0.3, -0.25) is 9.59 Å². The molecule has 7 nitrogen and oxygen atoms in total. The van der Waals surface area contributed by atoms with Gasteiger partial charge in [-0.1, -0.05) is 42.0 Å². The van der Waals surface area contributed by atoms with E-state index in [-0.39, 0.29) is 18.4 Å². The second-order valence-corrected chi connectivity index (χ2v) is 7.27. The van der Waals surface area contributed by atoms with E-state index in [0.29, 0.717) is 19.4 Å². The molecule has 3 rings (SSSR count). The largest absolute Gasteiger partial charge is 0.454 e. The van der Waals surface area contributed by atoms with Crippen molar-refractivity contribution in [1.82, 2.24) is 16.2 Å². The van der Waals surface area contributed by atoms with E-state index in [1.807, 2.05) is 31.2 Å². The van der Waals surface area contributed by atoms with Crippen molar-refractivity contribution in [3.05, 3.63) is 65.2 Å². The first-order chi connectivity index (χ1) is 14.9. The van der Waals surface area contributed by atoms with Gasteiger partial charge in [-0.25, -0.2) is 10.9 Å². The second-order valence-electron chi connectivity index (χ2n) is 7.27. The van der Waals surface area contributed by atoms with Gasteiger partial charge in [0.15, 0.2) is 6.61 Å². The van der Waals surface area contributed by atoms with Crippen LogP contribution in [0.25, 0.3) is 0 Å². The molecule has 0 aliphatic carbocycles. The summed E-state index contributed by atoms with van der Waals surface area (Å²) in [4.78, 5) is 24.1. The molecule has 31 heavy (non-hydrogen) atoms. The van der Waals surface area contributed by atoms with Crippen molar-refractivity contribution in [2.45, 2.75) is 38.5 Å². The lowest BCUT2D eigenvalue weighted by Crippen LogP contribution is -2.39. The molecule has 2 atom stereocenters. The summed E-state index contributed by atoms with van der Waals surface area (Å²) >= 11 is 0. The van der Waals surface area contributed by atoms with E-state index in [2.05, 4.69) is 20.9 Å². The standard InChI is InChI=1S/C22H25F2N3O4/c1-14-2-6-16(7-3-14)18-12-19(27-26-18)21(29)30-13-20(28)25-11-10-15-4-8-17(9-5-15)31-22(23)24/h2-9,18-19,22,26-27H,10-13H2,1H3,(H,25,28). The third kappa shape index (κ3) is 7.01. The fourth-order valence-corrected chi connectivity index (χ4v) is 3.20. The third-order valence-corrected chi connectivity index (χ3v) is 4.90. The Bertz CT molecular complexity index is 875. The third-order valence-electron chi connectivity index (χ3n) is 4.90. The topological polar surface area (TPSA) is 88.7 Å². The maximum atomic E-state index is 12.2. The number of nitrogens with one attached hydrogen (secondary N) is 3. The molecule has 0 bridgehead atoms. The summed E-state index contributed by atoms with van der Waals surface area (Å²) in [5.41, 5.74) is 9.07. The molecule has 1 amide bonds. The molecule has 0 aromatic heterocycles. The summed E-state index contributed by atoms with van der Waals surface area (Å²) < 4.78 is 33.7. The second kappa shape index (κ2) is 10.8. The van der Waals surface area contributed by atoms with Gasteiger partial charge in [0.05, 0.1) is 0 Å². The molecule has 1 aliphatic heterocycles. The Labute approximate surface area is 179 Å². The minimum atomic E-state index is -2.86. The van der Waals surface area contributed by atoms with Crippen LogP contribution in [0.4, 0.5) is 8.78 Å². The summed E-state index contributed by atoms with van der Waals surface area (Å²) in [6, 6.07) is 13.7. The highest BCUT2D eigenvalue weighted by molar-refractivity contribution is 5.82. The number of aryl methyl sites for hydroxylation is 1. The van der Waals surface area contributed by atoms with E-state index in [4.69, 9.17) is 4.74 Å². The highest BCUT2D eigenvalue weighted by Gasteiger charge is 2.31. The van der Waals surface area contributed by atoms with Gasteiger partial charge in [-0.05, 0) is 43.0 Å². The molecule has 0 spiro atoms. The zero-order valence-electron chi connectivity index (χ0n) is 17.1. The average molecular weight is 433 g/mol. The lowest BCUT2D eigenvalue weighted by molar-refractivity contribution is -0.150. The Morgan fingerprint density at radius 3 is 2.48 bits per heavy atom. The fraction of sp³-hybridized carbons (Fsp3) is 0.364. The van der Waals surface area contributed by atoms with Crippen LogP contribution in [-0.4, -0.2) is 37.7 Å². The molecular formula is C22H25F2N3O4. The van der Waals surface area contributed by atoms with Crippen LogP contribution in [-0.2, 0) is 20.7 Å². The molecule has 0 saturated carbocycles. The number of carbonyl (C=O) groups excluding carboxylic acids is 2. The maximum absolute atomic E-state index is 12.2. The highest BCUT2D eigenvalue weighted by Crippen LogP contribution is 2.23. The number of hydrogen-bond acceptors (Lipinski definition) is 6. The zero-order chi connectivity index (χ0) is 22.2. The van der Waals surface area contributed by atoms with E-state index in [0.717, 1.165) is 16.7 Å². The molecule has 2 unspecified atom stereocenters. The molecule has 9 heteroatoms. The number of benzene rings is 2. The van der Waals surface area contributed by atoms with E-state index >= 15 is 0 Å². The summed E-state index contributed by atoms with van der Waals surface area (Å²) in [6.07, 6.45) is 1.02. The zero-order valence-corrected chi connectivity index (χ0v) is 17.1. The molecule has 1 aliphatic rings. The highest BCUT2D eigenvalue weighted by atomic mass is 19.3. The Morgan fingerprint density at radius 2 is 1.81 bits per heavy atom. The lowest BCUT2D eigenvalue weighted by atomic mass is 10.0. The van der Waals surface area contributed by atoms with Crippen LogP contribution < -0.4 is 20.9 Å². The van der Waals surface area contributed by atoms with Crippen LogP contribution in [0.15, 0.2) is 48.5 Å². The van der Waals surface area contributed by atoms with E-state index in [9.17, 15) is 18.4 Å². The smallest absolute Gasteiger partial charge is 0.387 e. The minimum Gasteiger partial charge on any atom is -0.454 e. The normalized spacial score (nSPS) is 18.1. The molecule has 2 aromatic rings. The molecule has 0 radical (unpaired) electrons. The summed E-state index contributed by atoms with van der Waals surface area (Å²) in [5.74, 6) is -0.826. The molecule has 1 fully saturated rings. The average Bonchev–Trinajstić information content (AvgIpc) is 3.24. The van der Waals surface area contributed by atoms with Crippen molar-refractivity contribution in [1.29, 1.82) is 0 Å². The van der Waals surface area contributed by atoms with Crippen molar-refractivity contribution in [3.8, 4) is 5.75 Å². The van der Waals surface area contributed by atoms with Crippen molar-refractivity contribution < 1.29 is 27.8 Å². The first-order valence-electron chi connectivity index (χ1n) is 9.95. The number of halogens is 2. The van der Waals surface area contributed by atoms with E-state index in [1.54, 1.807) is 12.1 Å². The van der Waals surface area contributed by atoms with Crippen molar-refractivity contribution in [3.63, 3.8) is 0 Å². The van der Waals surface area contributed by atoms with E-state index < -0.39 is 24.5 Å². The number of rotatable bonds is 9. The Balaban J connectivity index is 1.34. The molecule has 166 valence electrons. The van der Waals surface area contributed by atoms with Crippen molar-refractivity contribution in [2.75, 3.05) is 13.2 Å². The van der Waals surface area contributed by atoms with Crippen LogP contribution in [0, 0.1) is 6.92 Å². The molecular weight excluding hydrogens is 408 g/mol. The number of hydrazine groups is 1. The van der Waals surface area contributed by atoms with Gasteiger partial charge in [-0.15, -0.1) is 0 Å². The Hall–Kier alpha value is -3.04. The molecule has 1 saturated heterocycles. The maximum Gasteiger partial charge on any atom is 0.387 e. The fourth-order valence-electron chi connectivity index (χ4n) is 3.20. The quantitative estimate of drug-likeness (QED) is 0.527. The van der Waals surface area contributed by atoms with E-state index in [1.165, 1.54) is 12.1 Å². The summed E-state index contributed by atoms with van der Waals surface area (Å²) in [7, 11) is 0. The van der Waals surface area contributed by atoms with Gasteiger partial charge in [0, 0.05) is 12.6 Å². The van der Waals surface area contributed by atoms with Gasteiger partial charge in [0.2, 0.25) is 0 Å². The van der Waals surface area contributed by atoms with Gasteiger partial charge < -0.3 is 14.8 Å². The summed E-state index contributed by atoms with van der Waals surface area (Å²) in [6.45, 7) is -0.898. The molecule has 2 aromatic carbocycles. The lowest BCUT2D eigenvalue weighted by Gasteiger charge is -2.11. The first-order valence-corrected chi connectivity index (χ1v) is 9.95. The molecule has 1 heterocycles. The Morgan fingerprint density at radius 1 is 1.10 bits per heavy atom. The van der Waals surface area contributed by atoms with Gasteiger partial charge >= 0.3 is 12.6 Å². The SMILES string of the molecule is Cc1ccc(C2CC(C(=O)OCC(=O)NCCc3ccc(OC(F)F)cc3)NN2)cc1. The number of carbonyl (C=O) groups is 2. The number of hydrogen-bond donors (Lipinski definition) is 3. The number of alkyl halides is 2. The van der Waals surface area contributed by atoms with Gasteiger partial charge in [0.1, 0.15) is 11.8 Å². The first kappa shape index (κ1) is 22.6. The summed E-state index contributed by atoms with van der Waals surface area (Å²) in [5, 5.41) is 2.66. The van der Waals surface area contributed by atoms with Gasteiger partial charge in [0.25, 0.3) is 5.91 Å². The van der Waals surface area contributed by atoms with Crippen molar-refractivity contribution >= 4 is 11.9 Å². The monoisotopic (exact) mass is 433 g/mol. The van der Waals surface area contributed by atoms with Gasteiger partial charge in [-0.2, -0.15) is 8.78 Å². The number of amides is 1. The molecule has 3 N–H and O–H groups in total. The number of esters is 1. The predicted molar refractivity (Wildman–Crippen MR) is 109 cm³/mol. The number of ether oxygens (including phenoxy) is 2. The minimum absolute atomic E-state index is 0.00976. The van der Waals surface area contributed by atoms with Crippen LogP contribution in [0.1, 0.15) is 29.2 Å². The van der Waals surface area contributed by atoms with Crippen LogP contribution in [0.2, 0.25) is 0 Å².